The van der Waals surface area contributed by atoms with Crippen molar-refractivity contribution in [2.45, 2.75) is 18.9 Å². The van der Waals surface area contributed by atoms with Crippen molar-refractivity contribution in [2.75, 3.05) is 11.5 Å². The highest BCUT2D eigenvalue weighted by Crippen LogP contribution is 2.20. The molecule has 0 unspecified atom stereocenters. The molecule has 2 rings (SSSR count). The fraction of sp³-hybridized carbons (Fsp3) is 0.417. The molecular formula is C12H13FN2O5S. The van der Waals surface area contributed by atoms with Crippen LogP contribution in [0.2, 0.25) is 0 Å². The van der Waals surface area contributed by atoms with Crippen LogP contribution in [0.1, 0.15) is 23.2 Å². The smallest absolute Gasteiger partial charge is 0.282 e. The number of rotatable bonds is 3. The summed E-state index contributed by atoms with van der Waals surface area (Å²) in [7, 11) is -3.06. The highest BCUT2D eigenvalue weighted by Gasteiger charge is 2.27. The number of carbonyl (C=O) groups is 1. The van der Waals surface area contributed by atoms with Crippen LogP contribution in [0.4, 0.5) is 10.1 Å². The first-order chi connectivity index (χ1) is 9.78. The van der Waals surface area contributed by atoms with E-state index in [0.717, 1.165) is 18.2 Å². The summed E-state index contributed by atoms with van der Waals surface area (Å²) in [5, 5.41) is 13.4. The van der Waals surface area contributed by atoms with Crippen LogP contribution in [0.15, 0.2) is 18.2 Å². The van der Waals surface area contributed by atoms with Gasteiger partial charge in [0.1, 0.15) is 21.2 Å². The van der Waals surface area contributed by atoms with Crippen molar-refractivity contribution in [1.29, 1.82) is 0 Å². The number of carbonyl (C=O) groups excluding carboxylic acids is 1. The third-order valence-corrected chi connectivity index (χ3v) is 5.01. The van der Waals surface area contributed by atoms with Gasteiger partial charge in [-0.15, -0.1) is 0 Å². The lowest BCUT2D eigenvalue weighted by molar-refractivity contribution is -0.385. The third-order valence-electron chi connectivity index (χ3n) is 3.29. The van der Waals surface area contributed by atoms with Gasteiger partial charge >= 0.3 is 0 Å². The van der Waals surface area contributed by atoms with Gasteiger partial charge in [-0.1, -0.05) is 0 Å². The number of nitro groups is 1. The number of amides is 1. The lowest BCUT2D eigenvalue weighted by Gasteiger charge is -2.22. The Labute approximate surface area is 120 Å². The average molecular weight is 316 g/mol. The Hall–Kier alpha value is -2.03. The highest BCUT2D eigenvalue weighted by molar-refractivity contribution is 7.91. The number of nitro benzene ring substituents is 1. The maximum absolute atomic E-state index is 13.2. The fourth-order valence-corrected chi connectivity index (χ4v) is 3.64. The largest absolute Gasteiger partial charge is 0.349 e. The normalized spacial score (nSPS) is 18.1. The highest BCUT2D eigenvalue weighted by atomic mass is 32.2. The Bertz CT molecular complexity index is 675. The molecule has 9 heteroatoms. The van der Waals surface area contributed by atoms with Crippen molar-refractivity contribution in [1.82, 2.24) is 5.32 Å². The molecule has 0 spiro atoms. The number of benzene rings is 1. The monoisotopic (exact) mass is 316 g/mol. The van der Waals surface area contributed by atoms with Gasteiger partial charge in [0.2, 0.25) is 0 Å². The van der Waals surface area contributed by atoms with Crippen LogP contribution in [-0.4, -0.2) is 36.8 Å². The van der Waals surface area contributed by atoms with E-state index in [9.17, 15) is 27.7 Å². The van der Waals surface area contributed by atoms with E-state index in [1.54, 1.807) is 0 Å². The molecule has 1 N–H and O–H groups in total. The van der Waals surface area contributed by atoms with Crippen molar-refractivity contribution < 1.29 is 22.5 Å². The molecule has 1 heterocycles. The molecule has 1 aliphatic heterocycles. The number of hydrogen-bond donors (Lipinski definition) is 1. The minimum Gasteiger partial charge on any atom is -0.349 e. The molecule has 1 fully saturated rings. The summed E-state index contributed by atoms with van der Waals surface area (Å²) in [4.78, 5) is 22.1. The van der Waals surface area contributed by atoms with Gasteiger partial charge in [0.05, 0.1) is 16.4 Å². The minimum atomic E-state index is -3.06. The van der Waals surface area contributed by atoms with Crippen molar-refractivity contribution in [3.8, 4) is 0 Å². The van der Waals surface area contributed by atoms with Crippen molar-refractivity contribution >= 4 is 21.4 Å². The summed E-state index contributed by atoms with van der Waals surface area (Å²) in [5.41, 5.74) is -0.856. The van der Waals surface area contributed by atoms with Crippen LogP contribution in [0, 0.1) is 15.9 Å². The SMILES string of the molecule is O=C(NC1CCS(=O)(=O)CC1)c1cc(F)ccc1[N+](=O)[O-]. The molecule has 1 saturated heterocycles. The van der Waals surface area contributed by atoms with Crippen LogP contribution in [0.5, 0.6) is 0 Å². The molecule has 0 radical (unpaired) electrons. The number of sulfone groups is 1. The molecule has 0 bridgehead atoms. The van der Waals surface area contributed by atoms with E-state index < -0.39 is 32.2 Å². The molecule has 1 aromatic carbocycles. The van der Waals surface area contributed by atoms with Crippen molar-refractivity contribution in [2.24, 2.45) is 0 Å². The molecule has 21 heavy (non-hydrogen) atoms. The van der Waals surface area contributed by atoms with Gasteiger partial charge in [0.25, 0.3) is 11.6 Å². The maximum atomic E-state index is 13.2. The molecule has 0 aliphatic carbocycles. The van der Waals surface area contributed by atoms with Crippen LogP contribution < -0.4 is 5.32 Å². The average Bonchev–Trinajstić information content (AvgIpc) is 2.40. The molecule has 1 amide bonds. The molecule has 0 aromatic heterocycles. The predicted molar refractivity (Wildman–Crippen MR) is 72.2 cm³/mol. The second-order valence-electron chi connectivity index (χ2n) is 4.82. The molecular weight excluding hydrogens is 303 g/mol. The predicted octanol–water partition coefficient (Wildman–Crippen LogP) is 1.04. The minimum absolute atomic E-state index is 0.0385. The molecule has 0 atom stereocenters. The van der Waals surface area contributed by atoms with Crippen LogP contribution in [0.3, 0.4) is 0 Å². The zero-order valence-electron chi connectivity index (χ0n) is 10.9. The number of hydrogen-bond acceptors (Lipinski definition) is 5. The topological polar surface area (TPSA) is 106 Å². The van der Waals surface area contributed by atoms with Gasteiger partial charge in [-0.2, -0.15) is 0 Å². The Morgan fingerprint density at radius 3 is 2.52 bits per heavy atom. The van der Waals surface area contributed by atoms with E-state index in [-0.39, 0.29) is 36.0 Å². The standard InChI is InChI=1S/C12H13FN2O5S/c13-8-1-2-11(15(17)18)10(7-8)12(16)14-9-3-5-21(19,20)6-4-9/h1-2,7,9H,3-6H2,(H,14,16). The van der Waals surface area contributed by atoms with E-state index in [4.69, 9.17) is 0 Å². The van der Waals surface area contributed by atoms with Gasteiger partial charge in [-0.05, 0) is 25.0 Å². The second-order valence-corrected chi connectivity index (χ2v) is 7.12. The molecule has 1 aliphatic rings. The van der Waals surface area contributed by atoms with Gasteiger partial charge in [-0.25, -0.2) is 12.8 Å². The summed E-state index contributed by atoms with van der Waals surface area (Å²) in [6, 6.07) is 2.24. The van der Waals surface area contributed by atoms with Gasteiger partial charge in [0, 0.05) is 12.1 Å². The van der Waals surface area contributed by atoms with Crippen LogP contribution >= 0.6 is 0 Å². The second kappa shape index (κ2) is 5.76. The Kier molecular flexibility index (Phi) is 4.21. The lowest BCUT2D eigenvalue weighted by atomic mass is 10.1. The van der Waals surface area contributed by atoms with E-state index in [1.165, 1.54) is 0 Å². The first-order valence-corrected chi connectivity index (χ1v) is 8.06. The van der Waals surface area contributed by atoms with E-state index >= 15 is 0 Å². The summed E-state index contributed by atoms with van der Waals surface area (Å²) in [6.07, 6.45) is 0.494. The van der Waals surface area contributed by atoms with Crippen LogP contribution in [0.25, 0.3) is 0 Å². The van der Waals surface area contributed by atoms with Crippen LogP contribution in [-0.2, 0) is 9.84 Å². The number of nitrogens with zero attached hydrogens (tertiary/aromatic N) is 1. The maximum Gasteiger partial charge on any atom is 0.282 e. The molecule has 1 aromatic rings. The number of halogens is 1. The molecule has 7 nitrogen and oxygen atoms in total. The zero-order valence-corrected chi connectivity index (χ0v) is 11.7. The van der Waals surface area contributed by atoms with E-state index in [2.05, 4.69) is 5.32 Å². The quantitative estimate of drug-likeness (QED) is 0.662. The molecule has 0 saturated carbocycles. The van der Waals surface area contributed by atoms with Crippen molar-refractivity contribution in [3.63, 3.8) is 0 Å². The summed E-state index contributed by atoms with van der Waals surface area (Å²) in [5.74, 6) is -1.60. The van der Waals surface area contributed by atoms with Gasteiger partial charge in [-0.3, -0.25) is 14.9 Å². The molecule has 114 valence electrons. The lowest BCUT2D eigenvalue weighted by Crippen LogP contribution is -2.41. The summed E-state index contributed by atoms with van der Waals surface area (Å²) >= 11 is 0. The van der Waals surface area contributed by atoms with Gasteiger partial charge < -0.3 is 5.32 Å². The fourth-order valence-electron chi connectivity index (χ4n) is 2.15. The first-order valence-electron chi connectivity index (χ1n) is 6.24. The van der Waals surface area contributed by atoms with E-state index in [1.807, 2.05) is 0 Å². The van der Waals surface area contributed by atoms with Gasteiger partial charge in [0.15, 0.2) is 0 Å². The first kappa shape index (κ1) is 15.4. The zero-order chi connectivity index (χ0) is 15.6. The number of nitrogens with one attached hydrogen (secondary N) is 1. The summed E-state index contributed by atoms with van der Waals surface area (Å²) < 4.78 is 35.7. The Morgan fingerprint density at radius 2 is 1.95 bits per heavy atom. The third kappa shape index (κ3) is 3.75. The Morgan fingerprint density at radius 1 is 1.33 bits per heavy atom. The van der Waals surface area contributed by atoms with Crippen molar-refractivity contribution in [3.05, 3.63) is 39.7 Å². The van der Waals surface area contributed by atoms with E-state index in [0.29, 0.717) is 0 Å². The summed E-state index contributed by atoms with van der Waals surface area (Å²) in [6.45, 7) is 0. The Balaban J connectivity index is 2.14.